The molecule has 1 aliphatic heterocycles. The van der Waals surface area contributed by atoms with Crippen LogP contribution in [0.4, 0.5) is 0 Å². The van der Waals surface area contributed by atoms with E-state index in [4.69, 9.17) is 0 Å². The minimum Gasteiger partial charge on any atom is -0.341 e. The second-order valence-corrected chi connectivity index (χ2v) is 9.56. The Bertz CT molecular complexity index is 680. The lowest BCUT2D eigenvalue weighted by Gasteiger charge is -2.44. The van der Waals surface area contributed by atoms with Gasteiger partial charge in [-0.05, 0) is 37.0 Å². The molecule has 1 aliphatic carbocycles. The van der Waals surface area contributed by atoms with Crippen LogP contribution in [0, 0.1) is 0 Å². The smallest absolute Gasteiger partial charge is 0.233 e. The van der Waals surface area contributed by atoms with Crippen LogP contribution in [0.15, 0.2) is 28.7 Å². The van der Waals surface area contributed by atoms with E-state index in [2.05, 4.69) is 15.9 Å². The van der Waals surface area contributed by atoms with Crippen LogP contribution in [0.3, 0.4) is 0 Å². The molecule has 2 fully saturated rings. The van der Waals surface area contributed by atoms with Crippen molar-refractivity contribution in [1.82, 2.24) is 4.90 Å². The molecule has 2 aliphatic rings. The van der Waals surface area contributed by atoms with Crippen LogP contribution in [0.5, 0.6) is 0 Å². The molecule has 0 aromatic heterocycles. The van der Waals surface area contributed by atoms with Crippen molar-refractivity contribution in [3.8, 4) is 0 Å². The van der Waals surface area contributed by atoms with E-state index in [-0.39, 0.29) is 23.5 Å². The molecule has 1 heterocycles. The van der Waals surface area contributed by atoms with Crippen LogP contribution < -0.4 is 0 Å². The standard InChI is InChI=1S/C16H20BrNO3S/c1-18(14-7-10-22(20,21)11-14)15(19)16(8-2-9-16)12-3-5-13(17)6-4-12/h3-6,14H,2,7-11H2,1H3/t14-/m1/s1. The highest BCUT2D eigenvalue weighted by Crippen LogP contribution is 2.45. The average molecular weight is 386 g/mol. The van der Waals surface area contributed by atoms with Gasteiger partial charge in [-0.15, -0.1) is 0 Å². The van der Waals surface area contributed by atoms with Crippen molar-refractivity contribution in [3.05, 3.63) is 34.3 Å². The molecular weight excluding hydrogens is 366 g/mol. The highest BCUT2D eigenvalue weighted by Gasteiger charge is 2.48. The van der Waals surface area contributed by atoms with Gasteiger partial charge in [0.2, 0.25) is 5.91 Å². The van der Waals surface area contributed by atoms with Gasteiger partial charge in [-0.2, -0.15) is 0 Å². The number of benzene rings is 1. The van der Waals surface area contributed by atoms with Crippen LogP contribution in [0.25, 0.3) is 0 Å². The second-order valence-electron chi connectivity index (χ2n) is 6.42. The molecule has 0 unspecified atom stereocenters. The minimum atomic E-state index is -2.98. The van der Waals surface area contributed by atoms with Crippen molar-refractivity contribution in [1.29, 1.82) is 0 Å². The molecule has 1 saturated carbocycles. The zero-order valence-electron chi connectivity index (χ0n) is 12.6. The third kappa shape index (κ3) is 2.71. The summed E-state index contributed by atoms with van der Waals surface area (Å²) in [6.07, 6.45) is 3.29. The number of sulfone groups is 1. The molecule has 1 saturated heterocycles. The number of rotatable bonds is 3. The van der Waals surface area contributed by atoms with E-state index in [1.807, 2.05) is 24.3 Å². The highest BCUT2D eigenvalue weighted by atomic mass is 79.9. The fourth-order valence-electron chi connectivity index (χ4n) is 3.51. The van der Waals surface area contributed by atoms with E-state index in [0.717, 1.165) is 29.3 Å². The summed E-state index contributed by atoms with van der Waals surface area (Å²) in [7, 11) is -1.22. The van der Waals surface area contributed by atoms with E-state index in [9.17, 15) is 13.2 Å². The maximum absolute atomic E-state index is 13.1. The Morgan fingerprint density at radius 1 is 1.27 bits per heavy atom. The lowest BCUT2D eigenvalue weighted by Crippen LogP contribution is -2.53. The first kappa shape index (κ1) is 16.0. The molecule has 1 amide bonds. The Labute approximate surface area is 139 Å². The van der Waals surface area contributed by atoms with Gasteiger partial charge in [-0.25, -0.2) is 8.42 Å². The lowest BCUT2D eigenvalue weighted by atomic mass is 9.63. The summed E-state index contributed by atoms with van der Waals surface area (Å²) >= 11 is 3.42. The number of carbonyl (C=O) groups is 1. The van der Waals surface area contributed by atoms with Gasteiger partial charge in [-0.3, -0.25) is 4.79 Å². The zero-order valence-corrected chi connectivity index (χ0v) is 15.0. The normalized spacial score (nSPS) is 25.5. The molecule has 0 N–H and O–H groups in total. The molecule has 22 heavy (non-hydrogen) atoms. The number of amides is 1. The van der Waals surface area contributed by atoms with Crippen molar-refractivity contribution < 1.29 is 13.2 Å². The van der Waals surface area contributed by atoms with Gasteiger partial charge >= 0.3 is 0 Å². The fraction of sp³-hybridized carbons (Fsp3) is 0.562. The van der Waals surface area contributed by atoms with Gasteiger partial charge in [0.15, 0.2) is 9.84 Å². The van der Waals surface area contributed by atoms with E-state index in [1.165, 1.54) is 0 Å². The minimum absolute atomic E-state index is 0.0724. The topological polar surface area (TPSA) is 54.5 Å². The average Bonchev–Trinajstić information content (AvgIpc) is 2.79. The molecular formula is C16H20BrNO3S. The van der Waals surface area contributed by atoms with Crippen LogP contribution in [-0.4, -0.2) is 43.8 Å². The van der Waals surface area contributed by atoms with Crippen molar-refractivity contribution >= 4 is 31.7 Å². The molecule has 4 nitrogen and oxygen atoms in total. The van der Waals surface area contributed by atoms with Crippen molar-refractivity contribution in [2.24, 2.45) is 0 Å². The largest absolute Gasteiger partial charge is 0.341 e. The summed E-state index contributed by atoms with van der Waals surface area (Å²) in [6.45, 7) is 0. The summed E-state index contributed by atoms with van der Waals surface area (Å²) in [5, 5.41) is 0. The molecule has 0 radical (unpaired) electrons. The van der Waals surface area contributed by atoms with Crippen LogP contribution >= 0.6 is 15.9 Å². The molecule has 0 bridgehead atoms. The van der Waals surface area contributed by atoms with Crippen molar-refractivity contribution in [2.75, 3.05) is 18.6 Å². The molecule has 1 atom stereocenters. The summed E-state index contributed by atoms with van der Waals surface area (Å²) in [6, 6.07) is 7.75. The predicted molar refractivity (Wildman–Crippen MR) is 89.5 cm³/mol. The van der Waals surface area contributed by atoms with E-state index in [0.29, 0.717) is 6.42 Å². The predicted octanol–water partition coefficient (Wildman–Crippen LogP) is 2.52. The molecule has 3 rings (SSSR count). The Hall–Kier alpha value is -0.880. The third-order valence-corrected chi connectivity index (χ3v) is 7.37. The van der Waals surface area contributed by atoms with E-state index in [1.54, 1.807) is 11.9 Å². The number of carbonyl (C=O) groups excluding carboxylic acids is 1. The Kier molecular flexibility index (Phi) is 4.10. The van der Waals surface area contributed by atoms with Crippen LogP contribution in [0.2, 0.25) is 0 Å². The van der Waals surface area contributed by atoms with Crippen LogP contribution in [0.1, 0.15) is 31.2 Å². The summed E-state index contributed by atoms with van der Waals surface area (Å²) < 4.78 is 24.3. The number of hydrogen-bond acceptors (Lipinski definition) is 3. The Morgan fingerprint density at radius 3 is 2.36 bits per heavy atom. The molecule has 0 spiro atoms. The lowest BCUT2D eigenvalue weighted by molar-refractivity contribution is -0.141. The third-order valence-electron chi connectivity index (χ3n) is 5.09. The van der Waals surface area contributed by atoms with Crippen LogP contribution in [-0.2, 0) is 20.0 Å². The van der Waals surface area contributed by atoms with Gasteiger partial charge in [-0.1, -0.05) is 34.5 Å². The van der Waals surface area contributed by atoms with E-state index >= 15 is 0 Å². The van der Waals surface area contributed by atoms with Gasteiger partial charge in [0.1, 0.15) is 0 Å². The summed E-state index contributed by atoms with van der Waals surface area (Å²) in [4.78, 5) is 14.7. The first-order chi connectivity index (χ1) is 10.3. The monoisotopic (exact) mass is 385 g/mol. The zero-order chi connectivity index (χ0) is 16.0. The molecule has 1 aromatic rings. The Balaban J connectivity index is 1.84. The summed E-state index contributed by atoms with van der Waals surface area (Å²) in [5.74, 6) is 0.370. The van der Waals surface area contributed by atoms with Gasteiger partial charge < -0.3 is 4.90 Å². The Morgan fingerprint density at radius 2 is 1.91 bits per heavy atom. The van der Waals surface area contributed by atoms with E-state index < -0.39 is 15.3 Å². The number of halogens is 1. The molecule has 6 heteroatoms. The van der Waals surface area contributed by atoms with Crippen molar-refractivity contribution in [3.63, 3.8) is 0 Å². The number of likely N-dealkylation sites (N-methyl/N-ethyl adjacent to an activating group) is 1. The first-order valence-electron chi connectivity index (χ1n) is 7.58. The van der Waals surface area contributed by atoms with Gasteiger partial charge in [0.05, 0.1) is 16.9 Å². The SMILES string of the molecule is CN(C(=O)C1(c2ccc(Br)cc2)CCC1)[C@@H]1CCS(=O)(=O)C1. The number of nitrogens with zero attached hydrogens (tertiary/aromatic N) is 1. The maximum atomic E-state index is 13.1. The van der Waals surface area contributed by atoms with Gasteiger partial charge in [0.25, 0.3) is 0 Å². The molecule has 120 valence electrons. The fourth-order valence-corrected chi connectivity index (χ4v) is 5.55. The summed E-state index contributed by atoms with van der Waals surface area (Å²) in [5.41, 5.74) is 0.585. The first-order valence-corrected chi connectivity index (χ1v) is 10.2. The quantitative estimate of drug-likeness (QED) is 0.802. The number of hydrogen-bond donors (Lipinski definition) is 0. The van der Waals surface area contributed by atoms with Crippen molar-refractivity contribution in [2.45, 2.75) is 37.1 Å². The maximum Gasteiger partial charge on any atom is 0.233 e. The second kappa shape index (κ2) is 5.64. The molecule has 1 aromatic carbocycles. The highest BCUT2D eigenvalue weighted by molar-refractivity contribution is 9.10. The van der Waals surface area contributed by atoms with Gasteiger partial charge in [0, 0.05) is 17.6 Å².